The normalized spacial score (nSPS) is 10.9. The molecule has 20 heavy (non-hydrogen) atoms. The van der Waals surface area contributed by atoms with Gasteiger partial charge in [-0.3, -0.25) is 9.36 Å². The Morgan fingerprint density at radius 3 is 2.75 bits per heavy atom. The van der Waals surface area contributed by atoms with Crippen LogP contribution >= 0.6 is 11.8 Å². The number of rotatable bonds is 4. The third-order valence-electron chi connectivity index (χ3n) is 2.72. The largest absolute Gasteiger partial charge is 0.397 e. The van der Waals surface area contributed by atoms with E-state index in [1.54, 1.807) is 18.2 Å². The number of anilines is 1. The van der Waals surface area contributed by atoms with E-state index in [0.717, 1.165) is 0 Å². The second kappa shape index (κ2) is 5.41. The number of nitrogens with zero attached hydrogens (tertiary/aromatic N) is 2. The molecule has 0 unspecified atom stereocenters. The van der Waals surface area contributed by atoms with Crippen LogP contribution in [0.2, 0.25) is 0 Å². The monoisotopic (exact) mass is 293 g/mol. The van der Waals surface area contributed by atoms with Crippen molar-refractivity contribution in [3.8, 4) is 0 Å². The van der Waals surface area contributed by atoms with E-state index < -0.39 is 5.91 Å². The standard InChI is InChI=1S/C12H15N5O2S/c1-6(2)17-11(19)15-16-12(17)20-8-5-3-4-7(9(8)13)10(14)18/h3-6H,13H2,1-2H3,(H2,14,18)(H,15,19). The zero-order valence-corrected chi connectivity index (χ0v) is 11.9. The van der Waals surface area contributed by atoms with Gasteiger partial charge in [-0.1, -0.05) is 6.07 Å². The highest BCUT2D eigenvalue weighted by molar-refractivity contribution is 7.99. The van der Waals surface area contributed by atoms with Crippen molar-refractivity contribution in [1.82, 2.24) is 14.8 Å². The van der Waals surface area contributed by atoms with E-state index in [9.17, 15) is 9.59 Å². The molecule has 0 spiro atoms. The number of nitrogens with two attached hydrogens (primary N) is 2. The van der Waals surface area contributed by atoms with Crippen molar-refractivity contribution in [2.24, 2.45) is 5.73 Å². The molecule has 0 saturated heterocycles. The molecule has 1 heterocycles. The van der Waals surface area contributed by atoms with Crippen molar-refractivity contribution in [3.63, 3.8) is 0 Å². The summed E-state index contributed by atoms with van der Waals surface area (Å²) in [7, 11) is 0. The number of carbonyl (C=O) groups excluding carboxylic acids is 1. The Balaban J connectivity index is 2.44. The van der Waals surface area contributed by atoms with E-state index in [1.165, 1.54) is 16.3 Å². The lowest BCUT2D eigenvalue weighted by atomic mass is 10.2. The van der Waals surface area contributed by atoms with Gasteiger partial charge in [-0.2, -0.15) is 0 Å². The first kappa shape index (κ1) is 14.2. The highest BCUT2D eigenvalue weighted by Crippen LogP contribution is 2.32. The molecule has 0 bridgehead atoms. The molecule has 1 aromatic heterocycles. The summed E-state index contributed by atoms with van der Waals surface area (Å²) < 4.78 is 1.51. The van der Waals surface area contributed by atoms with E-state index in [1.807, 2.05) is 13.8 Å². The molecule has 8 heteroatoms. The molecule has 0 radical (unpaired) electrons. The van der Waals surface area contributed by atoms with Gasteiger partial charge in [0.2, 0.25) is 0 Å². The van der Waals surface area contributed by atoms with Crippen LogP contribution in [-0.4, -0.2) is 20.7 Å². The van der Waals surface area contributed by atoms with Crippen LogP contribution in [0.4, 0.5) is 5.69 Å². The van der Waals surface area contributed by atoms with Crippen molar-refractivity contribution in [1.29, 1.82) is 0 Å². The third-order valence-corrected chi connectivity index (χ3v) is 3.77. The fraction of sp³-hybridized carbons (Fsp3) is 0.250. The zero-order chi connectivity index (χ0) is 14.9. The lowest BCUT2D eigenvalue weighted by molar-refractivity contribution is 0.100. The molecule has 106 valence electrons. The highest BCUT2D eigenvalue weighted by Gasteiger charge is 2.16. The average Bonchev–Trinajstić information content (AvgIpc) is 2.72. The number of para-hydroxylation sites is 1. The van der Waals surface area contributed by atoms with Crippen molar-refractivity contribution in [3.05, 3.63) is 34.2 Å². The number of nitrogens with one attached hydrogen (secondary N) is 1. The number of benzene rings is 1. The molecule has 2 aromatic rings. The molecule has 5 N–H and O–H groups in total. The number of nitrogen functional groups attached to an aromatic ring is 1. The maximum atomic E-state index is 11.7. The Kier molecular flexibility index (Phi) is 3.84. The van der Waals surface area contributed by atoms with Crippen LogP contribution in [0.3, 0.4) is 0 Å². The van der Waals surface area contributed by atoms with Gasteiger partial charge in [0.05, 0.1) is 11.3 Å². The summed E-state index contributed by atoms with van der Waals surface area (Å²) in [5.74, 6) is -0.590. The van der Waals surface area contributed by atoms with Crippen LogP contribution in [0.25, 0.3) is 0 Å². The Morgan fingerprint density at radius 1 is 1.45 bits per heavy atom. The van der Waals surface area contributed by atoms with Gasteiger partial charge in [-0.05, 0) is 37.7 Å². The number of H-pyrrole nitrogens is 1. The highest BCUT2D eigenvalue weighted by atomic mass is 32.2. The maximum Gasteiger partial charge on any atom is 0.344 e. The van der Waals surface area contributed by atoms with Gasteiger partial charge in [0.25, 0.3) is 5.91 Å². The lowest BCUT2D eigenvalue weighted by Crippen LogP contribution is -2.19. The van der Waals surface area contributed by atoms with Gasteiger partial charge in [0.1, 0.15) is 0 Å². The number of amides is 1. The molecule has 0 fully saturated rings. The number of primary amides is 1. The summed E-state index contributed by atoms with van der Waals surface area (Å²) in [6.45, 7) is 3.76. The summed E-state index contributed by atoms with van der Waals surface area (Å²) in [6, 6.07) is 4.95. The second-order valence-electron chi connectivity index (χ2n) is 4.46. The van der Waals surface area contributed by atoms with Gasteiger partial charge in [-0.25, -0.2) is 9.89 Å². The molecule has 1 amide bonds. The van der Waals surface area contributed by atoms with Crippen LogP contribution in [0.1, 0.15) is 30.2 Å². The summed E-state index contributed by atoms with van der Waals surface area (Å²) in [5, 5.41) is 6.85. The third kappa shape index (κ3) is 2.55. The Hall–Kier alpha value is -2.22. The Bertz CT molecular complexity index is 704. The van der Waals surface area contributed by atoms with Crippen LogP contribution in [0, 0.1) is 0 Å². The van der Waals surface area contributed by atoms with Gasteiger partial charge in [-0.15, -0.1) is 5.10 Å². The first-order chi connectivity index (χ1) is 9.41. The van der Waals surface area contributed by atoms with Gasteiger partial charge in [0.15, 0.2) is 5.16 Å². The topological polar surface area (TPSA) is 120 Å². The van der Waals surface area contributed by atoms with Gasteiger partial charge >= 0.3 is 5.69 Å². The fourth-order valence-corrected chi connectivity index (χ4v) is 2.81. The van der Waals surface area contributed by atoms with Crippen LogP contribution < -0.4 is 17.2 Å². The van der Waals surface area contributed by atoms with Gasteiger partial charge in [0, 0.05) is 10.9 Å². The average molecular weight is 293 g/mol. The predicted octanol–water partition coefficient (Wildman–Crippen LogP) is 0.985. The smallest absolute Gasteiger partial charge is 0.344 e. The number of hydrogen-bond donors (Lipinski definition) is 3. The molecule has 7 nitrogen and oxygen atoms in total. The second-order valence-corrected chi connectivity index (χ2v) is 5.47. The SMILES string of the molecule is CC(C)n1c(Sc2cccc(C(N)=O)c2N)n[nH]c1=O. The van der Waals surface area contributed by atoms with Crippen LogP contribution in [0.15, 0.2) is 33.0 Å². The van der Waals surface area contributed by atoms with E-state index in [-0.39, 0.29) is 23.0 Å². The van der Waals surface area contributed by atoms with Crippen molar-refractivity contribution >= 4 is 23.4 Å². The minimum atomic E-state index is -0.590. The van der Waals surface area contributed by atoms with Gasteiger partial charge < -0.3 is 11.5 Å². The molecule has 2 rings (SSSR count). The zero-order valence-electron chi connectivity index (χ0n) is 11.1. The molecule has 0 aliphatic rings. The van der Waals surface area contributed by atoms with E-state index in [2.05, 4.69) is 10.2 Å². The van der Waals surface area contributed by atoms with Crippen molar-refractivity contribution < 1.29 is 4.79 Å². The molecular weight excluding hydrogens is 278 g/mol. The maximum absolute atomic E-state index is 11.7. The quantitative estimate of drug-likeness (QED) is 0.726. The lowest BCUT2D eigenvalue weighted by Gasteiger charge is -2.10. The summed E-state index contributed by atoms with van der Waals surface area (Å²) >= 11 is 1.21. The number of hydrogen-bond acceptors (Lipinski definition) is 5. The molecule has 0 atom stereocenters. The number of aromatic amines is 1. The van der Waals surface area contributed by atoms with Crippen molar-refractivity contribution in [2.45, 2.75) is 29.9 Å². The predicted molar refractivity (Wildman–Crippen MR) is 76.7 cm³/mol. The Labute approximate surface area is 119 Å². The molecule has 0 aliphatic heterocycles. The fourth-order valence-electron chi connectivity index (χ4n) is 1.76. The van der Waals surface area contributed by atoms with E-state index >= 15 is 0 Å². The summed E-state index contributed by atoms with van der Waals surface area (Å²) in [4.78, 5) is 23.5. The van der Waals surface area contributed by atoms with Crippen LogP contribution in [0.5, 0.6) is 0 Å². The number of carbonyl (C=O) groups is 1. The Morgan fingerprint density at radius 2 is 2.15 bits per heavy atom. The molecular formula is C12H15N5O2S. The molecule has 0 aliphatic carbocycles. The van der Waals surface area contributed by atoms with E-state index in [0.29, 0.717) is 10.1 Å². The molecule has 1 aromatic carbocycles. The van der Waals surface area contributed by atoms with Crippen molar-refractivity contribution in [2.75, 3.05) is 5.73 Å². The number of aromatic nitrogens is 3. The van der Waals surface area contributed by atoms with E-state index in [4.69, 9.17) is 11.5 Å². The minimum absolute atomic E-state index is 0.0377. The molecule has 0 saturated carbocycles. The van der Waals surface area contributed by atoms with Crippen LogP contribution in [-0.2, 0) is 0 Å². The minimum Gasteiger partial charge on any atom is -0.397 e. The first-order valence-corrected chi connectivity index (χ1v) is 6.76. The summed E-state index contributed by atoms with van der Waals surface area (Å²) in [5.41, 5.74) is 11.4. The summed E-state index contributed by atoms with van der Waals surface area (Å²) in [6.07, 6.45) is 0. The first-order valence-electron chi connectivity index (χ1n) is 5.95.